The van der Waals surface area contributed by atoms with E-state index in [1.807, 2.05) is 6.08 Å². The lowest BCUT2D eigenvalue weighted by atomic mass is 9.96. The number of unbranched alkanes of at least 4 members (excludes halogenated alkanes) is 49. The summed E-state index contributed by atoms with van der Waals surface area (Å²) in [5.41, 5.74) is 0. The summed E-state index contributed by atoms with van der Waals surface area (Å²) in [5.74, 6) is -0.279. The van der Waals surface area contributed by atoms with Crippen molar-refractivity contribution in [1.82, 2.24) is 5.32 Å². The fraction of sp³-hybridized carbons (Fsp3) is 0.860. The first-order valence-corrected chi connectivity index (χ1v) is 46.2. The van der Waals surface area contributed by atoms with Gasteiger partial charge in [0, 0.05) is 6.42 Å². The Balaban J connectivity index is 1.32. The summed E-state index contributed by atoms with van der Waals surface area (Å²) in [4.78, 5) is 13.5. The first-order valence-electron chi connectivity index (χ1n) is 46.2. The lowest BCUT2D eigenvalue weighted by Gasteiger charge is -2.48. The third-order valence-electron chi connectivity index (χ3n) is 22.7. The number of nitrogens with one attached hydrogen (secondary N) is 1. The molecule has 3 rings (SSSR count). The Kier molecular flexibility index (Phi) is 66.7. The molecule has 0 saturated carbocycles. The number of rotatable bonds is 75. The van der Waals surface area contributed by atoms with Gasteiger partial charge in [-0.1, -0.05) is 376 Å². The van der Waals surface area contributed by atoms with Crippen molar-refractivity contribution in [2.24, 2.45) is 0 Å². The molecule has 1 amide bonds. The van der Waals surface area contributed by atoms with E-state index in [2.05, 4.69) is 79.9 Å². The second-order valence-electron chi connectivity index (χ2n) is 32.7. The van der Waals surface area contributed by atoms with E-state index in [4.69, 9.17) is 28.4 Å². The van der Waals surface area contributed by atoms with Crippen molar-refractivity contribution in [3.8, 4) is 0 Å². The van der Waals surface area contributed by atoms with Crippen LogP contribution < -0.4 is 5.32 Å². The zero-order valence-electron chi connectivity index (χ0n) is 70.7. The number of aliphatic hydroxyl groups excluding tert-OH is 11. The molecular weight excluding hydrogens is 1420 g/mol. The van der Waals surface area contributed by atoms with Crippen LogP contribution in [0.2, 0.25) is 0 Å². The number of carbonyl (C=O) groups is 1. The Bertz CT molecular complexity index is 2300. The normalized spacial score (nSPS) is 25.2. The average Bonchev–Trinajstić information content (AvgIpc) is 0.781. The Hall–Kier alpha value is -2.77. The maximum atomic E-state index is 13.5. The molecule has 19 nitrogen and oxygen atoms in total. The zero-order valence-corrected chi connectivity index (χ0v) is 70.7. The first-order chi connectivity index (χ1) is 54.8. The summed E-state index contributed by atoms with van der Waals surface area (Å²) in [7, 11) is 0. The van der Waals surface area contributed by atoms with Crippen LogP contribution in [0.1, 0.15) is 380 Å². The van der Waals surface area contributed by atoms with Crippen LogP contribution >= 0.6 is 0 Å². The van der Waals surface area contributed by atoms with Gasteiger partial charge in [0.1, 0.15) is 73.2 Å². The van der Waals surface area contributed by atoms with Gasteiger partial charge in [0.25, 0.3) is 0 Å². The first kappa shape index (κ1) is 103. The SMILES string of the molecule is CC/C=C\C/C=C\C/C=C\C/C=C\CCCCCCCCCCCCCCCCCCCCCCCCCCC(=O)NC(COC1OC(CO)C(OC2OC(CO)C(OC3OC(CO)C(O)C(O)C3O)C(O)C2O)C(O)C1O)C(O)/C=C/CC/C=C/CCCCCCCCCCCCCCCCCCCCCCCCCC. The molecule has 3 aliphatic rings. The number of ether oxygens (including phenoxy) is 6. The second kappa shape index (κ2) is 72.3. The molecule has 654 valence electrons. The Morgan fingerprint density at radius 3 is 1.00 bits per heavy atom. The van der Waals surface area contributed by atoms with Crippen molar-refractivity contribution < 1.29 is 89.4 Å². The van der Waals surface area contributed by atoms with Gasteiger partial charge in [0.15, 0.2) is 18.9 Å². The molecule has 3 heterocycles. The van der Waals surface area contributed by atoms with Crippen LogP contribution in [-0.2, 0) is 33.2 Å². The van der Waals surface area contributed by atoms with E-state index < -0.39 is 124 Å². The topological polar surface area (TPSA) is 307 Å². The average molecular weight is 1590 g/mol. The molecule has 0 aromatic heterocycles. The van der Waals surface area contributed by atoms with Gasteiger partial charge >= 0.3 is 0 Å². The van der Waals surface area contributed by atoms with Crippen molar-refractivity contribution >= 4 is 5.91 Å². The third kappa shape index (κ3) is 50.2. The Labute approximate surface area is 680 Å². The van der Waals surface area contributed by atoms with Crippen molar-refractivity contribution in [3.05, 3.63) is 72.9 Å². The molecule has 17 unspecified atom stereocenters. The molecule has 19 heteroatoms. The van der Waals surface area contributed by atoms with Gasteiger partial charge in [0.05, 0.1) is 38.6 Å². The number of amides is 1. The molecule has 112 heavy (non-hydrogen) atoms. The van der Waals surface area contributed by atoms with Gasteiger partial charge in [-0.15, -0.1) is 0 Å². The molecule has 0 aromatic carbocycles. The Morgan fingerprint density at radius 2 is 0.625 bits per heavy atom. The van der Waals surface area contributed by atoms with E-state index in [1.165, 1.54) is 283 Å². The van der Waals surface area contributed by atoms with Crippen molar-refractivity contribution in [1.29, 1.82) is 0 Å². The van der Waals surface area contributed by atoms with Crippen LogP contribution in [0, 0.1) is 0 Å². The molecular formula is C93H169NO18. The van der Waals surface area contributed by atoms with Gasteiger partial charge < -0.3 is 89.9 Å². The van der Waals surface area contributed by atoms with E-state index in [-0.39, 0.29) is 18.9 Å². The number of carbonyl (C=O) groups excluding carboxylic acids is 1. The quantitative estimate of drug-likeness (QED) is 0.0199. The highest BCUT2D eigenvalue weighted by molar-refractivity contribution is 5.76. The van der Waals surface area contributed by atoms with Gasteiger partial charge in [-0.2, -0.15) is 0 Å². The second-order valence-corrected chi connectivity index (χ2v) is 32.7. The lowest BCUT2D eigenvalue weighted by molar-refractivity contribution is -0.379. The smallest absolute Gasteiger partial charge is 0.220 e. The van der Waals surface area contributed by atoms with Crippen LogP contribution in [0.3, 0.4) is 0 Å². The molecule has 0 radical (unpaired) electrons. The highest BCUT2D eigenvalue weighted by Crippen LogP contribution is 2.34. The summed E-state index contributed by atoms with van der Waals surface area (Å²) < 4.78 is 34.5. The van der Waals surface area contributed by atoms with Crippen molar-refractivity contribution in [3.63, 3.8) is 0 Å². The summed E-state index contributed by atoms with van der Waals surface area (Å²) in [6.07, 6.45) is 70.7. The monoisotopic (exact) mass is 1590 g/mol. The summed E-state index contributed by atoms with van der Waals surface area (Å²) >= 11 is 0. The van der Waals surface area contributed by atoms with E-state index in [0.717, 1.165) is 64.2 Å². The maximum absolute atomic E-state index is 13.5. The van der Waals surface area contributed by atoms with E-state index in [1.54, 1.807) is 6.08 Å². The molecule has 3 fully saturated rings. The zero-order chi connectivity index (χ0) is 81.0. The van der Waals surface area contributed by atoms with Gasteiger partial charge in [0.2, 0.25) is 5.91 Å². The number of hydrogen-bond acceptors (Lipinski definition) is 18. The summed E-state index contributed by atoms with van der Waals surface area (Å²) in [5, 5.41) is 121. The minimum Gasteiger partial charge on any atom is -0.394 e. The number of aliphatic hydroxyl groups is 11. The molecule has 3 saturated heterocycles. The predicted molar refractivity (Wildman–Crippen MR) is 452 cm³/mol. The minimum atomic E-state index is -1.98. The molecule has 3 aliphatic heterocycles. The minimum absolute atomic E-state index is 0.237. The molecule has 0 aromatic rings. The molecule has 0 spiro atoms. The van der Waals surface area contributed by atoms with Crippen molar-refractivity contribution in [2.45, 2.75) is 484 Å². The van der Waals surface area contributed by atoms with E-state index in [0.29, 0.717) is 12.8 Å². The van der Waals surface area contributed by atoms with Crippen LogP contribution in [0.4, 0.5) is 0 Å². The van der Waals surface area contributed by atoms with Crippen molar-refractivity contribution in [2.75, 3.05) is 26.4 Å². The molecule has 0 bridgehead atoms. The standard InChI is InChI=1S/C93H169NO18/c1-3-5-7-9-11-13-15-17-19-21-23-25-27-29-31-33-35-36-37-38-39-40-41-43-45-47-49-51-53-55-57-59-61-63-65-67-69-71-81(99)94-76(77(98)70-68-66-64-62-60-58-56-54-52-50-48-46-44-42-34-32-30-28-26-24-22-20-18-16-14-12-10-8-6-4-2)75-107-91-87(105)84(102)89(79(73-96)109-91)112-93-88(106)85(103)90(80(74-97)110-93)111-92-86(104)83(101)82(100)78(72-95)108-92/h5,7,11,13,17,19,23,25,60,62,68,70,76-80,82-93,95-98,100-106H,3-4,6,8-10,12,14-16,18,20-22,24,26-59,61,63-67,69,71-75H2,1-2H3,(H,94,99)/b7-5-,13-11-,19-17-,25-23-,62-60+,70-68+. The van der Waals surface area contributed by atoms with E-state index in [9.17, 15) is 61.0 Å². The van der Waals surface area contributed by atoms with Crippen LogP contribution in [0.5, 0.6) is 0 Å². The third-order valence-corrected chi connectivity index (χ3v) is 22.7. The number of hydrogen-bond donors (Lipinski definition) is 12. The summed E-state index contributed by atoms with van der Waals surface area (Å²) in [6.45, 7) is 1.66. The van der Waals surface area contributed by atoms with Crippen LogP contribution in [0.15, 0.2) is 72.9 Å². The van der Waals surface area contributed by atoms with Gasteiger partial charge in [-0.05, 0) is 70.6 Å². The summed E-state index contributed by atoms with van der Waals surface area (Å²) in [6, 6.07) is -0.993. The molecule has 0 aliphatic carbocycles. The van der Waals surface area contributed by atoms with E-state index >= 15 is 0 Å². The lowest BCUT2D eigenvalue weighted by Crippen LogP contribution is -2.66. The predicted octanol–water partition coefficient (Wildman–Crippen LogP) is 17.9. The van der Waals surface area contributed by atoms with Crippen LogP contribution in [0.25, 0.3) is 0 Å². The fourth-order valence-electron chi connectivity index (χ4n) is 15.4. The Morgan fingerprint density at radius 1 is 0.330 bits per heavy atom. The van der Waals surface area contributed by atoms with Gasteiger partial charge in [-0.3, -0.25) is 4.79 Å². The fourth-order valence-corrected chi connectivity index (χ4v) is 15.4. The highest BCUT2D eigenvalue weighted by Gasteiger charge is 2.54. The van der Waals surface area contributed by atoms with Crippen LogP contribution in [-0.4, -0.2) is 193 Å². The highest BCUT2D eigenvalue weighted by atomic mass is 16.8. The molecule has 12 N–H and O–H groups in total. The van der Waals surface area contributed by atoms with Gasteiger partial charge in [-0.25, -0.2) is 0 Å². The number of allylic oxidation sites excluding steroid dienone is 11. The maximum Gasteiger partial charge on any atom is 0.220 e. The molecule has 17 atom stereocenters. The largest absolute Gasteiger partial charge is 0.394 e.